The van der Waals surface area contributed by atoms with Crippen LogP contribution < -0.4 is 10.6 Å². The molecule has 28 heavy (non-hydrogen) atoms. The van der Waals surface area contributed by atoms with Gasteiger partial charge in [0.2, 0.25) is 5.82 Å². The van der Waals surface area contributed by atoms with E-state index in [0.29, 0.717) is 18.0 Å². The highest BCUT2D eigenvalue weighted by molar-refractivity contribution is 6.02. The zero-order chi connectivity index (χ0) is 20.1. The summed E-state index contributed by atoms with van der Waals surface area (Å²) in [5.41, 5.74) is 1.88. The highest BCUT2D eigenvalue weighted by Gasteiger charge is 2.22. The van der Waals surface area contributed by atoms with Crippen molar-refractivity contribution in [3.05, 3.63) is 71.8 Å². The number of fused-ring (bicyclic) bond motifs is 1. The van der Waals surface area contributed by atoms with Gasteiger partial charge >= 0.3 is 0 Å². The number of benzene rings is 1. The summed E-state index contributed by atoms with van der Waals surface area (Å²) in [6, 6.07) is 15.0. The highest BCUT2D eigenvalue weighted by atomic mass is 16.2. The minimum absolute atomic E-state index is 0.173. The molecule has 2 heterocycles. The Morgan fingerprint density at radius 3 is 2.43 bits per heavy atom. The monoisotopic (exact) mass is 378 g/mol. The second-order valence-electron chi connectivity index (χ2n) is 7.28. The molecule has 2 amide bonds. The molecular formula is C22H26N4O2. The maximum Gasteiger partial charge on any atom is 0.288 e. The summed E-state index contributed by atoms with van der Waals surface area (Å²) in [4.78, 5) is 29.8. The van der Waals surface area contributed by atoms with Crippen LogP contribution >= 0.6 is 0 Å². The third-order valence-corrected chi connectivity index (χ3v) is 4.62. The molecule has 1 atom stereocenters. The number of nitrogens with zero attached hydrogens (tertiary/aromatic N) is 2. The standard InChI is InChI=1S/C22H26N4O2/c1-15(2)12-13-23-21(27)19-18-11-7-8-14-26(18)20(25-19)22(28)24-16(3)17-9-5-4-6-10-17/h4-11,14-16H,12-13H2,1-3H3,(H,23,27)(H,24,28). The molecule has 0 aliphatic rings. The number of carbonyl (C=O) groups is 2. The van der Waals surface area contributed by atoms with E-state index in [0.717, 1.165) is 12.0 Å². The molecule has 2 aromatic heterocycles. The summed E-state index contributed by atoms with van der Waals surface area (Å²) in [6.07, 6.45) is 2.63. The zero-order valence-electron chi connectivity index (χ0n) is 16.5. The van der Waals surface area contributed by atoms with Gasteiger partial charge in [-0.25, -0.2) is 4.98 Å². The fraction of sp³-hybridized carbons (Fsp3) is 0.318. The predicted octanol–water partition coefficient (Wildman–Crippen LogP) is 3.60. The first-order valence-corrected chi connectivity index (χ1v) is 9.58. The minimum Gasteiger partial charge on any atom is -0.351 e. The molecule has 0 radical (unpaired) electrons. The van der Waals surface area contributed by atoms with E-state index < -0.39 is 0 Å². The Morgan fingerprint density at radius 2 is 1.71 bits per heavy atom. The molecule has 1 unspecified atom stereocenters. The number of amides is 2. The van der Waals surface area contributed by atoms with E-state index in [-0.39, 0.29) is 29.4 Å². The fourth-order valence-corrected chi connectivity index (χ4v) is 3.01. The summed E-state index contributed by atoms with van der Waals surface area (Å²) in [7, 11) is 0. The quantitative estimate of drug-likeness (QED) is 0.660. The van der Waals surface area contributed by atoms with Crippen LogP contribution in [-0.2, 0) is 0 Å². The molecule has 0 saturated carbocycles. The van der Waals surface area contributed by atoms with E-state index in [1.807, 2.05) is 49.4 Å². The number of hydrogen-bond acceptors (Lipinski definition) is 3. The Balaban J connectivity index is 1.83. The average molecular weight is 378 g/mol. The van der Waals surface area contributed by atoms with Crippen molar-refractivity contribution < 1.29 is 9.59 Å². The second kappa shape index (κ2) is 8.69. The van der Waals surface area contributed by atoms with Gasteiger partial charge in [0.25, 0.3) is 11.8 Å². The Morgan fingerprint density at radius 1 is 1.00 bits per heavy atom. The maximum atomic E-state index is 12.9. The van der Waals surface area contributed by atoms with Gasteiger partial charge in [-0.05, 0) is 37.0 Å². The molecule has 2 N–H and O–H groups in total. The molecule has 0 saturated heterocycles. The molecule has 6 heteroatoms. The lowest BCUT2D eigenvalue weighted by Crippen LogP contribution is -2.29. The lowest BCUT2D eigenvalue weighted by Gasteiger charge is -2.13. The van der Waals surface area contributed by atoms with Gasteiger partial charge in [0.15, 0.2) is 5.69 Å². The molecule has 0 spiro atoms. The third-order valence-electron chi connectivity index (χ3n) is 4.62. The molecule has 6 nitrogen and oxygen atoms in total. The van der Waals surface area contributed by atoms with E-state index in [1.54, 1.807) is 16.7 Å². The van der Waals surface area contributed by atoms with Crippen LogP contribution in [0.3, 0.4) is 0 Å². The van der Waals surface area contributed by atoms with Crippen LogP contribution in [-0.4, -0.2) is 27.7 Å². The van der Waals surface area contributed by atoms with E-state index in [9.17, 15) is 9.59 Å². The Hall–Kier alpha value is -3.15. The molecule has 3 aromatic rings. The lowest BCUT2D eigenvalue weighted by molar-refractivity contribution is 0.0928. The smallest absolute Gasteiger partial charge is 0.288 e. The number of hydrogen-bond donors (Lipinski definition) is 2. The SMILES string of the molecule is CC(C)CCNC(=O)c1nc(C(=O)NC(C)c2ccccc2)n2ccccc12. The second-order valence-corrected chi connectivity index (χ2v) is 7.28. The first kappa shape index (κ1) is 19.6. The van der Waals surface area contributed by atoms with Crippen LogP contribution in [0.1, 0.15) is 59.9 Å². The number of pyridine rings is 1. The Labute approximate surface area is 165 Å². The van der Waals surface area contributed by atoms with Crippen LogP contribution in [0.4, 0.5) is 0 Å². The first-order valence-electron chi connectivity index (χ1n) is 9.58. The van der Waals surface area contributed by atoms with Gasteiger partial charge in [-0.1, -0.05) is 50.2 Å². The molecule has 0 fully saturated rings. The number of imidazole rings is 1. The van der Waals surface area contributed by atoms with Crippen LogP contribution in [0.15, 0.2) is 54.7 Å². The molecule has 1 aromatic carbocycles. The lowest BCUT2D eigenvalue weighted by atomic mass is 10.1. The van der Waals surface area contributed by atoms with E-state index >= 15 is 0 Å². The van der Waals surface area contributed by atoms with Crippen LogP contribution in [0.2, 0.25) is 0 Å². The van der Waals surface area contributed by atoms with Gasteiger partial charge < -0.3 is 10.6 Å². The largest absolute Gasteiger partial charge is 0.351 e. The van der Waals surface area contributed by atoms with Crippen molar-refractivity contribution >= 4 is 17.3 Å². The highest BCUT2D eigenvalue weighted by Crippen LogP contribution is 2.16. The van der Waals surface area contributed by atoms with Gasteiger partial charge in [-0.2, -0.15) is 0 Å². The van der Waals surface area contributed by atoms with E-state index in [2.05, 4.69) is 29.5 Å². The van der Waals surface area contributed by atoms with E-state index in [1.165, 1.54) is 0 Å². The van der Waals surface area contributed by atoms with Crippen molar-refractivity contribution in [2.24, 2.45) is 5.92 Å². The average Bonchev–Trinajstić information content (AvgIpc) is 3.08. The van der Waals surface area contributed by atoms with Crippen LogP contribution in [0, 0.1) is 5.92 Å². The van der Waals surface area contributed by atoms with E-state index in [4.69, 9.17) is 0 Å². The van der Waals surface area contributed by atoms with Crippen LogP contribution in [0.25, 0.3) is 5.52 Å². The molecule has 3 rings (SSSR count). The minimum atomic E-state index is -0.321. The Kier molecular flexibility index (Phi) is 6.09. The van der Waals surface area contributed by atoms with Crippen molar-refractivity contribution in [2.45, 2.75) is 33.2 Å². The third kappa shape index (κ3) is 4.39. The number of carbonyl (C=O) groups excluding carboxylic acids is 2. The molecule has 0 bridgehead atoms. The fourth-order valence-electron chi connectivity index (χ4n) is 3.01. The summed E-state index contributed by atoms with van der Waals surface area (Å²) in [5.74, 6) is 0.116. The molecular weight excluding hydrogens is 352 g/mol. The van der Waals surface area contributed by atoms with Gasteiger partial charge in [-0.3, -0.25) is 14.0 Å². The Bertz CT molecular complexity index is 963. The van der Waals surface area contributed by atoms with Crippen molar-refractivity contribution in [3.8, 4) is 0 Å². The van der Waals surface area contributed by atoms with Crippen molar-refractivity contribution in [1.29, 1.82) is 0 Å². The number of rotatable bonds is 7. The zero-order valence-corrected chi connectivity index (χ0v) is 16.5. The van der Waals surface area contributed by atoms with Gasteiger partial charge in [-0.15, -0.1) is 0 Å². The first-order chi connectivity index (χ1) is 13.5. The van der Waals surface area contributed by atoms with Gasteiger partial charge in [0.05, 0.1) is 11.6 Å². The molecule has 146 valence electrons. The molecule has 0 aliphatic heterocycles. The number of aromatic nitrogens is 2. The van der Waals surface area contributed by atoms with Crippen molar-refractivity contribution in [1.82, 2.24) is 20.0 Å². The van der Waals surface area contributed by atoms with Crippen molar-refractivity contribution in [3.63, 3.8) is 0 Å². The topological polar surface area (TPSA) is 75.5 Å². The van der Waals surface area contributed by atoms with Crippen molar-refractivity contribution in [2.75, 3.05) is 6.54 Å². The van der Waals surface area contributed by atoms with Gasteiger partial charge in [0, 0.05) is 12.7 Å². The summed E-state index contributed by atoms with van der Waals surface area (Å²) in [6.45, 7) is 6.71. The maximum absolute atomic E-state index is 12.9. The summed E-state index contributed by atoms with van der Waals surface area (Å²) in [5, 5.41) is 5.86. The normalized spacial score (nSPS) is 12.1. The summed E-state index contributed by atoms with van der Waals surface area (Å²) < 4.78 is 1.66. The van der Waals surface area contributed by atoms with Gasteiger partial charge in [0.1, 0.15) is 0 Å². The van der Waals surface area contributed by atoms with Crippen LogP contribution in [0.5, 0.6) is 0 Å². The summed E-state index contributed by atoms with van der Waals surface area (Å²) >= 11 is 0. The molecule has 0 aliphatic carbocycles. The predicted molar refractivity (Wildman–Crippen MR) is 109 cm³/mol. The number of nitrogens with one attached hydrogen (secondary N) is 2.